The van der Waals surface area contributed by atoms with Gasteiger partial charge in [-0.15, -0.1) is 0 Å². The molecule has 1 aromatic heterocycles. The van der Waals surface area contributed by atoms with Crippen LogP contribution >= 0.6 is 15.9 Å². The van der Waals surface area contributed by atoms with Crippen LogP contribution in [0.2, 0.25) is 0 Å². The number of methoxy groups -OCH3 is 2. The average molecular weight is 340 g/mol. The third-order valence-corrected chi connectivity index (χ3v) is 3.54. The first-order valence-electron chi connectivity index (χ1n) is 6.38. The SMILES string of the molecule is COc1cc(CNCCc2ccco2)cc(Br)c1OC. The van der Waals surface area contributed by atoms with E-state index >= 15 is 0 Å². The summed E-state index contributed by atoms with van der Waals surface area (Å²) < 4.78 is 16.8. The molecular formula is C15H18BrNO3. The first-order chi connectivity index (χ1) is 9.74. The Balaban J connectivity index is 1.91. The molecule has 0 saturated heterocycles. The maximum atomic E-state index is 5.33. The molecule has 0 unspecified atom stereocenters. The predicted molar refractivity (Wildman–Crippen MR) is 81.4 cm³/mol. The summed E-state index contributed by atoms with van der Waals surface area (Å²) in [6.07, 6.45) is 2.57. The fraction of sp³-hybridized carbons (Fsp3) is 0.333. The van der Waals surface area contributed by atoms with Gasteiger partial charge in [0.25, 0.3) is 0 Å². The highest BCUT2D eigenvalue weighted by Crippen LogP contribution is 2.36. The number of nitrogens with one attached hydrogen (secondary N) is 1. The van der Waals surface area contributed by atoms with Gasteiger partial charge in [-0.05, 0) is 45.8 Å². The summed E-state index contributed by atoms with van der Waals surface area (Å²) in [4.78, 5) is 0. The van der Waals surface area contributed by atoms with Gasteiger partial charge in [-0.3, -0.25) is 0 Å². The molecule has 0 atom stereocenters. The third kappa shape index (κ3) is 3.77. The monoisotopic (exact) mass is 339 g/mol. The smallest absolute Gasteiger partial charge is 0.174 e. The van der Waals surface area contributed by atoms with Gasteiger partial charge in [0.15, 0.2) is 11.5 Å². The van der Waals surface area contributed by atoms with Crippen LogP contribution in [0.5, 0.6) is 11.5 Å². The van der Waals surface area contributed by atoms with Crippen LogP contribution in [0.4, 0.5) is 0 Å². The maximum absolute atomic E-state index is 5.33. The van der Waals surface area contributed by atoms with Crippen molar-refractivity contribution in [3.63, 3.8) is 0 Å². The Kier molecular flexibility index (Phi) is 5.49. The summed E-state index contributed by atoms with van der Waals surface area (Å²) in [6, 6.07) is 7.89. The lowest BCUT2D eigenvalue weighted by Crippen LogP contribution is -2.16. The first kappa shape index (κ1) is 14.9. The molecule has 0 saturated carbocycles. The van der Waals surface area contributed by atoms with Crippen LogP contribution in [-0.4, -0.2) is 20.8 Å². The summed E-state index contributed by atoms with van der Waals surface area (Å²) in [6.45, 7) is 1.62. The van der Waals surface area contributed by atoms with Gasteiger partial charge in [0.1, 0.15) is 5.76 Å². The molecule has 0 aliphatic rings. The van der Waals surface area contributed by atoms with E-state index in [4.69, 9.17) is 13.9 Å². The molecule has 4 nitrogen and oxygen atoms in total. The highest BCUT2D eigenvalue weighted by Gasteiger charge is 2.10. The van der Waals surface area contributed by atoms with Gasteiger partial charge in [-0.25, -0.2) is 0 Å². The number of benzene rings is 1. The molecule has 2 aromatic rings. The lowest BCUT2D eigenvalue weighted by Gasteiger charge is -2.12. The first-order valence-corrected chi connectivity index (χ1v) is 7.17. The van der Waals surface area contributed by atoms with E-state index in [1.54, 1.807) is 20.5 Å². The van der Waals surface area contributed by atoms with E-state index in [1.165, 1.54) is 0 Å². The van der Waals surface area contributed by atoms with Crippen LogP contribution < -0.4 is 14.8 Å². The van der Waals surface area contributed by atoms with Crippen LogP contribution in [0.1, 0.15) is 11.3 Å². The molecule has 0 amide bonds. The van der Waals surface area contributed by atoms with Gasteiger partial charge in [-0.1, -0.05) is 0 Å². The minimum Gasteiger partial charge on any atom is -0.493 e. The molecule has 1 heterocycles. The Morgan fingerprint density at radius 1 is 1.25 bits per heavy atom. The Labute approximate surface area is 127 Å². The zero-order valence-electron chi connectivity index (χ0n) is 11.6. The van der Waals surface area contributed by atoms with Gasteiger partial charge in [0, 0.05) is 19.5 Å². The minimum absolute atomic E-state index is 0.715. The molecule has 0 spiro atoms. The van der Waals surface area contributed by atoms with Crippen LogP contribution in [0, 0.1) is 0 Å². The van der Waals surface area contributed by atoms with Gasteiger partial charge < -0.3 is 19.2 Å². The van der Waals surface area contributed by atoms with Gasteiger partial charge >= 0.3 is 0 Å². The Morgan fingerprint density at radius 3 is 2.75 bits per heavy atom. The number of rotatable bonds is 7. The molecular weight excluding hydrogens is 322 g/mol. The van der Waals surface area contributed by atoms with Crippen molar-refractivity contribution in [2.75, 3.05) is 20.8 Å². The number of furan rings is 1. The van der Waals surface area contributed by atoms with Crippen LogP contribution in [0.3, 0.4) is 0 Å². The Bertz CT molecular complexity index is 540. The van der Waals surface area contributed by atoms with Crippen LogP contribution in [0.25, 0.3) is 0 Å². The second-order valence-corrected chi connectivity index (χ2v) is 5.17. The number of hydrogen-bond donors (Lipinski definition) is 1. The van der Waals surface area contributed by atoms with Gasteiger partial charge in [-0.2, -0.15) is 0 Å². The van der Waals surface area contributed by atoms with E-state index in [-0.39, 0.29) is 0 Å². The topological polar surface area (TPSA) is 43.6 Å². The van der Waals surface area contributed by atoms with Crippen LogP contribution in [0.15, 0.2) is 39.4 Å². The molecule has 1 N–H and O–H groups in total. The molecule has 20 heavy (non-hydrogen) atoms. The Morgan fingerprint density at radius 2 is 2.10 bits per heavy atom. The summed E-state index contributed by atoms with van der Waals surface area (Å²) in [5.41, 5.74) is 1.13. The summed E-state index contributed by atoms with van der Waals surface area (Å²) in [7, 11) is 3.27. The molecule has 0 bridgehead atoms. The van der Waals surface area contributed by atoms with E-state index in [2.05, 4.69) is 21.2 Å². The lowest BCUT2D eigenvalue weighted by atomic mass is 10.2. The summed E-state index contributed by atoms with van der Waals surface area (Å²) in [5, 5.41) is 3.38. The van der Waals surface area contributed by atoms with Crippen molar-refractivity contribution in [1.29, 1.82) is 0 Å². The molecule has 2 rings (SSSR count). The molecule has 5 heteroatoms. The van der Waals surface area contributed by atoms with E-state index < -0.39 is 0 Å². The van der Waals surface area contributed by atoms with Crippen LogP contribution in [-0.2, 0) is 13.0 Å². The van der Waals surface area contributed by atoms with Crippen molar-refractivity contribution >= 4 is 15.9 Å². The third-order valence-electron chi connectivity index (χ3n) is 2.95. The normalized spacial score (nSPS) is 10.6. The van der Waals surface area contributed by atoms with Crippen molar-refractivity contribution < 1.29 is 13.9 Å². The average Bonchev–Trinajstić information content (AvgIpc) is 2.96. The van der Waals surface area contributed by atoms with Gasteiger partial charge in [0.05, 0.1) is 25.0 Å². The standard InChI is InChI=1S/C15H18BrNO3/c1-18-14-9-11(8-13(16)15(14)19-2)10-17-6-5-12-4-3-7-20-12/h3-4,7-9,17H,5-6,10H2,1-2H3. The molecule has 0 aliphatic carbocycles. The number of halogens is 1. The molecule has 0 aliphatic heterocycles. The highest BCUT2D eigenvalue weighted by atomic mass is 79.9. The highest BCUT2D eigenvalue weighted by molar-refractivity contribution is 9.10. The minimum atomic E-state index is 0.715. The zero-order chi connectivity index (χ0) is 14.4. The van der Waals surface area contributed by atoms with Crippen molar-refractivity contribution in [1.82, 2.24) is 5.32 Å². The second kappa shape index (κ2) is 7.36. The van der Waals surface area contributed by atoms with E-state index in [9.17, 15) is 0 Å². The van der Waals surface area contributed by atoms with Crippen molar-refractivity contribution in [3.05, 3.63) is 46.3 Å². The fourth-order valence-corrected chi connectivity index (χ4v) is 2.62. The maximum Gasteiger partial charge on any atom is 0.174 e. The quantitative estimate of drug-likeness (QED) is 0.785. The summed E-state index contributed by atoms with van der Waals surface area (Å²) >= 11 is 3.49. The fourth-order valence-electron chi connectivity index (χ4n) is 1.97. The Hall–Kier alpha value is -1.46. The van der Waals surface area contributed by atoms with Crippen molar-refractivity contribution in [2.24, 2.45) is 0 Å². The lowest BCUT2D eigenvalue weighted by molar-refractivity contribution is 0.352. The van der Waals surface area contributed by atoms with E-state index in [1.807, 2.05) is 24.3 Å². The van der Waals surface area contributed by atoms with Gasteiger partial charge in [0.2, 0.25) is 0 Å². The largest absolute Gasteiger partial charge is 0.493 e. The molecule has 1 aromatic carbocycles. The zero-order valence-corrected chi connectivity index (χ0v) is 13.2. The van der Waals surface area contributed by atoms with Crippen molar-refractivity contribution in [3.8, 4) is 11.5 Å². The number of hydrogen-bond acceptors (Lipinski definition) is 4. The molecule has 108 valence electrons. The molecule has 0 radical (unpaired) electrons. The summed E-state index contributed by atoms with van der Waals surface area (Å²) in [5.74, 6) is 2.43. The predicted octanol–water partition coefficient (Wildman–Crippen LogP) is 3.39. The van der Waals surface area contributed by atoms with E-state index in [0.29, 0.717) is 5.75 Å². The number of ether oxygens (including phenoxy) is 2. The molecule has 0 fully saturated rings. The van der Waals surface area contributed by atoms with E-state index in [0.717, 1.165) is 41.1 Å². The van der Waals surface area contributed by atoms with Crippen molar-refractivity contribution in [2.45, 2.75) is 13.0 Å². The second-order valence-electron chi connectivity index (χ2n) is 4.32.